The van der Waals surface area contributed by atoms with Gasteiger partial charge in [-0.05, 0) is 30.2 Å². The van der Waals surface area contributed by atoms with Gasteiger partial charge in [0.1, 0.15) is 5.82 Å². The highest BCUT2D eigenvalue weighted by Crippen LogP contribution is 2.16. The summed E-state index contributed by atoms with van der Waals surface area (Å²) in [6.45, 7) is 3.42. The Bertz CT molecular complexity index is 471. The second-order valence-electron chi connectivity index (χ2n) is 4.37. The Hall–Kier alpha value is -1.81. The number of aromatic nitrogens is 1. The van der Waals surface area contributed by atoms with Crippen LogP contribution in [0.4, 0.5) is 5.82 Å². The minimum Gasteiger partial charge on any atom is -0.472 e. The first-order chi connectivity index (χ1) is 8.72. The number of nitrogens with zero attached hydrogens (tertiary/aromatic N) is 2. The van der Waals surface area contributed by atoms with E-state index in [1.54, 1.807) is 12.5 Å². The summed E-state index contributed by atoms with van der Waals surface area (Å²) in [5.74, 6) is 0.955. The molecule has 2 aromatic rings. The maximum Gasteiger partial charge on any atom is 0.129 e. The van der Waals surface area contributed by atoms with Crippen molar-refractivity contribution in [3.05, 3.63) is 47.5 Å². The van der Waals surface area contributed by atoms with Gasteiger partial charge in [0.15, 0.2) is 0 Å². The molecule has 2 aromatic heterocycles. The van der Waals surface area contributed by atoms with E-state index < -0.39 is 0 Å². The number of rotatable bonds is 5. The van der Waals surface area contributed by atoms with Crippen molar-refractivity contribution in [2.75, 3.05) is 11.9 Å². The Labute approximate surface area is 107 Å². The maximum atomic E-state index is 5.72. The summed E-state index contributed by atoms with van der Waals surface area (Å²) in [6, 6.07) is 6.07. The van der Waals surface area contributed by atoms with Crippen LogP contribution in [0.25, 0.3) is 0 Å². The lowest BCUT2D eigenvalue weighted by Crippen LogP contribution is -2.18. The highest BCUT2D eigenvalue weighted by Gasteiger charge is 2.07. The fourth-order valence-corrected chi connectivity index (χ4v) is 1.87. The molecule has 0 aliphatic heterocycles. The standard InChI is InChI=1S/C14H19N3O/c1-3-13-6-12(8-15)7-14(16-13)17(2)9-11-4-5-18-10-11/h4-7,10H,3,8-9,15H2,1-2H3. The van der Waals surface area contributed by atoms with Crippen LogP contribution in [0.5, 0.6) is 0 Å². The highest BCUT2D eigenvalue weighted by atomic mass is 16.3. The molecule has 2 N–H and O–H groups in total. The third-order valence-electron chi connectivity index (χ3n) is 2.91. The molecule has 0 bridgehead atoms. The van der Waals surface area contributed by atoms with Crippen molar-refractivity contribution in [1.82, 2.24) is 4.98 Å². The molecule has 4 nitrogen and oxygen atoms in total. The molecular weight excluding hydrogens is 226 g/mol. The van der Waals surface area contributed by atoms with Crippen molar-refractivity contribution in [2.24, 2.45) is 5.73 Å². The SMILES string of the molecule is CCc1cc(CN)cc(N(C)Cc2ccoc2)n1. The molecule has 0 spiro atoms. The van der Waals surface area contributed by atoms with Gasteiger partial charge in [-0.1, -0.05) is 6.92 Å². The molecule has 0 aliphatic carbocycles. The minimum atomic E-state index is 0.544. The third-order valence-corrected chi connectivity index (χ3v) is 2.91. The first-order valence-electron chi connectivity index (χ1n) is 6.15. The lowest BCUT2D eigenvalue weighted by atomic mass is 10.2. The Kier molecular flexibility index (Phi) is 3.99. The zero-order chi connectivity index (χ0) is 13.0. The minimum absolute atomic E-state index is 0.544. The van der Waals surface area contributed by atoms with E-state index in [-0.39, 0.29) is 0 Å². The number of furan rings is 1. The summed E-state index contributed by atoms with van der Waals surface area (Å²) in [5, 5.41) is 0. The van der Waals surface area contributed by atoms with Crippen LogP contribution in [-0.2, 0) is 19.5 Å². The van der Waals surface area contributed by atoms with Crippen LogP contribution in [0.3, 0.4) is 0 Å². The second-order valence-corrected chi connectivity index (χ2v) is 4.37. The van der Waals surface area contributed by atoms with Crippen LogP contribution in [-0.4, -0.2) is 12.0 Å². The first kappa shape index (κ1) is 12.6. The summed E-state index contributed by atoms with van der Waals surface area (Å²) in [4.78, 5) is 6.72. The van der Waals surface area contributed by atoms with Crippen LogP contribution in [0.15, 0.2) is 35.1 Å². The average Bonchev–Trinajstić information content (AvgIpc) is 2.90. The molecule has 96 valence electrons. The van der Waals surface area contributed by atoms with Crippen molar-refractivity contribution in [3.8, 4) is 0 Å². The van der Waals surface area contributed by atoms with Gasteiger partial charge in [-0.25, -0.2) is 4.98 Å². The summed E-state index contributed by atoms with van der Waals surface area (Å²) < 4.78 is 5.07. The topological polar surface area (TPSA) is 55.3 Å². The molecule has 2 heterocycles. The molecule has 0 atom stereocenters. The fourth-order valence-electron chi connectivity index (χ4n) is 1.87. The molecule has 0 saturated carbocycles. The number of nitrogens with two attached hydrogens (primary N) is 1. The van der Waals surface area contributed by atoms with E-state index in [4.69, 9.17) is 10.2 Å². The van der Waals surface area contributed by atoms with Gasteiger partial charge in [0.05, 0.1) is 12.5 Å². The summed E-state index contributed by atoms with van der Waals surface area (Å²) >= 11 is 0. The Balaban J connectivity index is 2.20. The Morgan fingerprint density at radius 1 is 1.33 bits per heavy atom. The molecule has 0 unspecified atom stereocenters. The first-order valence-corrected chi connectivity index (χ1v) is 6.15. The van der Waals surface area contributed by atoms with Crippen molar-refractivity contribution in [1.29, 1.82) is 0 Å². The number of aryl methyl sites for hydroxylation is 1. The molecule has 0 aliphatic rings. The van der Waals surface area contributed by atoms with E-state index in [9.17, 15) is 0 Å². The van der Waals surface area contributed by atoms with Gasteiger partial charge in [0.25, 0.3) is 0 Å². The number of hydrogen-bond acceptors (Lipinski definition) is 4. The van der Waals surface area contributed by atoms with Crippen molar-refractivity contribution in [3.63, 3.8) is 0 Å². The number of anilines is 1. The van der Waals surface area contributed by atoms with E-state index in [1.807, 2.05) is 19.2 Å². The summed E-state index contributed by atoms with van der Waals surface area (Å²) in [5.41, 5.74) is 9.05. The normalized spacial score (nSPS) is 10.6. The largest absolute Gasteiger partial charge is 0.472 e. The second kappa shape index (κ2) is 5.69. The van der Waals surface area contributed by atoms with Gasteiger partial charge in [0.2, 0.25) is 0 Å². The number of hydrogen-bond donors (Lipinski definition) is 1. The van der Waals surface area contributed by atoms with E-state index in [0.717, 1.165) is 35.6 Å². The van der Waals surface area contributed by atoms with Gasteiger partial charge in [-0.15, -0.1) is 0 Å². The molecule has 0 fully saturated rings. The molecule has 4 heteroatoms. The van der Waals surface area contributed by atoms with E-state index in [1.165, 1.54) is 0 Å². The Morgan fingerprint density at radius 2 is 2.17 bits per heavy atom. The predicted molar refractivity (Wildman–Crippen MR) is 72.3 cm³/mol. The summed E-state index contributed by atoms with van der Waals surface area (Å²) in [7, 11) is 2.02. The Morgan fingerprint density at radius 3 is 2.78 bits per heavy atom. The van der Waals surface area contributed by atoms with E-state index in [0.29, 0.717) is 6.54 Å². The van der Waals surface area contributed by atoms with Crippen LogP contribution < -0.4 is 10.6 Å². The average molecular weight is 245 g/mol. The summed E-state index contributed by atoms with van der Waals surface area (Å²) in [6.07, 6.45) is 4.36. The lowest BCUT2D eigenvalue weighted by molar-refractivity contribution is 0.563. The van der Waals surface area contributed by atoms with Crippen molar-refractivity contribution in [2.45, 2.75) is 26.4 Å². The molecular formula is C14H19N3O. The van der Waals surface area contributed by atoms with Gasteiger partial charge < -0.3 is 15.1 Å². The van der Waals surface area contributed by atoms with Crippen LogP contribution in [0.2, 0.25) is 0 Å². The van der Waals surface area contributed by atoms with E-state index >= 15 is 0 Å². The van der Waals surface area contributed by atoms with E-state index in [2.05, 4.69) is 22.9 Å². The van der Waals surface area contributed by atoms with Crippen LogP contribution in [0, 0.1) is 0 Å². The smallest absolute Gasteiger partial charge is 0.129 e. The van der Waals surface area contributed by atoms with Gasteiger partial charge in [0, 0.05) is 31.4 Å². The molecule has 2 rings (SSSR count). The fraction of sp³-hybridized carbons (Fsp3) is 0.357. The van der Waals surface area contributed by atoms with Crippen molar-refractivity contribution >= 4 is 5.82 Å². The monoisotopic (exact) mass is 245 g/mol. The van der Waals surface area contributed by atoms with Gasteiger partial charge in [-0.3, -0.25) is 0 Å². The third kappa shape index (κ3) is 2.90. The zero-order valence-electron chi connectivity index (χ0n) is 10.9. The maximum absolute atomic E-state index is 5.72. The lowest BCUT2D eigenvalue weighted by Gasteiger charge is -2.19. The van der Waals surface area contributed by atoms with Gasteiger partial charge in [-0.2, -0.15) is 0 Å². The predicted octanol–water partition coefficient (Wildman–Crippen LogP) is 2.33. The van der Waals surface area contributed by atoms with Crippen molar-refractivity contribution < 1.29 is 4.42 Å². The van der Waals surface area contributed by atoms with Crippen LogP contribution >= 0.6 is 0 Å². The van der Waals surface area contributed by atoms with Gasteiger partial charge >= 0.3 is 0 Å². The molecule has 0 amide bonds. The molecule has 0 aromatic carbocycles. The molecule has 0 saturated heterocycles. The van der Waals surface area contributed by atoms with Crippen LogP contribution in [0.1, 0.15) is 23.7 Å². The molecule has 0 radical (unpaired) electrons. The quantitative estimate of drug-likeness (QED) is 0.878. The molecule has 18 heavy (non-hydrogen) atoms. The highest BCUT2D eigenvalue weighted by molar-refractivity contribution is 5.42. The number of pyridine rings is 1. The zero-order valence-corrected chi connectivity index (χ0v) is 10.9.